The van der Waals surface area contributed by atoms with Gasteiger partial charge in [-0.05, 0) is 46.9 Å². The third-order valence-corrected chi connectivity index (χ3v) is 2.34. The lowest BCUT2D eigenvalue weighted by atomic mass is 10.4. The number of nitrogens with zero attached hydrogens (tertiary/aromatic N) is 2. The second-order valence-electron chi connectivity index (χ2n) is 2.82. The molecule has 0 atom stereocenters. The molecule has 15 heavy (non-hydrogen) atoms. The fraction of sp³-hybridized carbons (Fsp3) is 0. The monoisotopic (exact) mass is 312 g/mol. The Kier molecular flexibility index (Phi) is 3.00. The normalized spacial score (nSPS) is 9.93. The van der Waals surface area contributed by atoms with Gasteiger partial charge in [-0.15, -0.1) is 0 Å². The maximum atomic E-state index is 11.4. The number of hydrogen-bond donors (Lipinski definition) is 1. The number of rotatable bonds is 2. The SMILES string of the molecule is [O]c1ccc(I)nc1Nc1ccccn1. The molecule has 0 bridgehead atoms. The van der Waals surface area contributed by atoms with Crippen molar-refractivity contribution in [3.8, 4) is 5.75 Å². The van der Waals surface area contributed by atoms with E-state index in [2.05, 4.69) is 37.9 Å². The van der Waals surface area contributed by atoms with Gasteiger partial charge in [-0.3, -0.25) is 5.11 Å². The van der Waals surface area contributed by atoms with E-state index in [1.165, 1.54) is 6.07 Å². The summed E-state index contributed by atoms with van der Waals surface area (Å²) in [4.78, 5) is 8.14. The van der Waals surface area contributed by atoms with Crippen LogP contribution in [-0.2, 0) is 5.11 Å². The first-order chi connectivity index (χ1) is 7.25. The average Bonchev–Trinajstić information content (AvgIpc) is 2.25. The molecule has 1 radical (unpaired) electrons. The second-order valence-corrected chi connectivity index (χ2v) is 3.93. The molecule has 0 aliphatic carbocycles. The fourth-order valence-electron chi connectivity index (χ4n) is 1.07. The first-order valence-electron chi connectivity index (χ1n) is 4.27. The van der Waals surface area contributed by atoms with Gasteiger partial charge >= 0.3 is 0 Å². The predicted octanol–water partition coefficient (Wildman–Crippen LogP) is 2.97. The molecule has 4 nitrogen and oxygen atoms in total. The number of anilines is 2. The quantitative estimate of drug-likeness (QED) is 0.685. The van der Waals surface area contributed by atoms with Gasteiger partial charge in [0.2, 0.25) is 5.75 Å². The molecule has 75 valence electrons. The molecule has 0 unspecified atom stereocenters. The van der Waals surface area contributed by atoms with Gasteiger partial charge in [-0.2, -0.15) is 0 Å². The largest absolute Gasteiger partial charge is 0.322 e. The molecule has 1 N–H and O–H groups in total. The van der Waals surface area contributed by atoms with E-state index < -0.39 is 0 Å². The minimum atomic E-state index is -0.138. The van der Waals surface area contributed by atoms with Crippen LogP contribution in [0.5, 0.6) is 5.75 Å². The van der Waals surface area contributed by atoms with Crippen LogP contribution in [0.4, 0.5) is 11.6 Å². The Morgan fingerprint density at radius 2 is 2.07 bits per heavy atom. The zero-order valence-electron chi connectivity index (χ0n) is 7.64. The van der Waals surface area contributed by atoms with Crippen LogP contribution in [-0.4, -0.2) is 9.97 Å². The third kappa shape index (κ3) is 2.56. The lowest BCUT2D eigenvalue weighted by Crippen LogP contribution is -1.96. The van der Waals surface area contributed by atoms with E-state index >= 15 is 0 Å². The summed E-state index contributed by atoms with van der Waals surface area (Å²) in [6.07, 6.45) is 1.65. The Bertz CT molecular complexity index is 461. The van der Waals surface area contributed by atoms with Crippen molar-refractivity contribution in [1.29, 1.82) is 0 Å². The van der Waals surface area contributed by atoms with Crippen LogP contribution < -0.4 is 5.32 Å². The highest BCUT2D eigenvalue weighted by Crippen LogP contribution is 2.24. The van der Waals surface area contributed by atoms with E-state index in [1.807, 2.05) is 12.1 Å². The van der Waals surface area contributed by atoms with Gasteiger partial charge in [-0.1, -0.05) is 6.07 Å². The van der Waals surface area contributed by atoms with Crippen molar-refractivity contribution in [3.05, 3.63) is 40.2 Å². The van der Waals surface area contributed by atoms with Crippen molar-refractivity contribution in [2.75, 3.05) is 5.32 Å². The number of aromatic nitrogens is 2. The van der Waals surface area contributed by atoms with Crippen molar-refractivity contribution in [2.24, 2.45) is 0 Å². The average molecular weight is 312 g/mol. The van der Waals surface area contributed by atoms with Gasteiger partial charge in [0, 0.05) is 6.20 Å². The number of nitrogens with one attached hydrogen (secondary N) is 1. The van der Waals surface area contributed by atoms with Crippen LogP contribution in [0.2, 0.25) is 0 Å². The molecule has 0 spiro atoms. The van der Waals surface area contributed by atoms with Crippen LogP contribution in [0.1, 0.15) is 0 Å². The Morgan fingerprint density at radius 3 is 2.80 bits per heavy atom. The minimum absolute atomic E-state index is 0.138. The molecule has 0 saturated carbocycles. The summed E-state index contributed by atoms with van der Waals surface area (Å²) >= 11 is 2.05. The highest BCUT2D eigenvalue weighted by molar-refractivity contribution is 14.1. The maximum Gasteiger partial charge on any atom is 0.221 e. The van der Waals surface area contributed by atoms with Gasteiger partial charge in [0.1, 0.15) is 9.52 Å². The summed E-state index contributed by atoms with van der Waals surface area (Å²) in [6, 6.07) is 8.59. The summed E-state index contributed by atoms with van der Waals surface area (Å²) in [6.45, 7) is 0. The standard InChI is InChI=1S/C10H7IN3O/c11-8-5-4-7(15)10(13-8)14-9-3-1-2-6-12-9/h1-6H,(H,12,13,14). The number of halogens is 1. The summed E-state index contributed by atoms with van der Waals surface area (Å²) in [7, 11) is 0. The van der Waals surface area contributed by atoms with Gasteiger partial charge in [0.05, 0.1) is 0 Å². The molecule has 2 aromatic rings. The van der Waals surface area contributed by atoms with Gasteiger partial charge in [-0.25, -0.2) is 9.97 Å². The maximum absolute atomic E-state index is 11.4. The van der Waals surface area contributed by atoms with E-state index in [0.717, 1.165) is 3.70 Å². The topological polar surface area (TPSA) is 57.7 Å². The van der Waals surface area contributed by atoms with E-state index in [4.69, 9.17) is 0 Å². The molecule has 0 aliphatic heterocycles. The molecule has 0 saturated heterocycles. The van der Waals surface area contributed by atoms with Crippen molar-refractivity contribution in [3.63, 3.8) is 0 Å². The summed E-state index contributed by atoms with van der Waals surface area (Å²) in [5.41, 5.74) is 0. The van der Waals surface area contributed by atoms with Gasteiger partial charge in [0.15, 0.2) is 5.82 Å². The molecule has 2 rings (SSSR count). The third-order valence-electron chi connectivity index (χ3n) is 1.74. The summed E-state index contributed by atoms with van der Waals surface area (Å²) in [5.74, 6) is 0.783. The minimum Gasteiger partial charge on any atom is -0.322 e. The van der Waals surface area contributed by atoms with Gasteiger partial charge in [0.25, 0.3) is 0 Å². The molecule has 2 heterocycles. The zero-order valence-corrected chi connectivity index (χ0v) is 9.80. The highest BCUT2D eigenvalue weighted by atomic mass is 127. The van der Waals surface area contributed by atoms with Crippen LogP contribution in [0.3, 0.4) is 0 Å². The second kappa shape index (κ2) is 4.43. The first kappa shape index (κ1) is 10.2. The van der Waals surface area contributed by atoms with Crippen LogP contribution >= 0.6 is 22.6 Å². The first-order valence-corrected chi connectivity index (χ1v) is 5.35. The lowest BCUT2D eigenvalue weighted by Gasteiger charge is -2.04. The van der Waals surface area contributed by atoms with Crippen molar-refractivity contribution in [1.82, 2.24) is 9.97 Å². The summed E-state index contributed by atoms with van der Waals surface area (Å²) < 4.78 is 0.769. The van der Waals surface area contributed by atoms with Gasteiger partial charge < -0.3 is 5.32 Å². The summed E-state index contributed by atoms with van der Waals surface area (Å²) in [5, 5.41) is 14.3. The Morgan fingerprint density at radius 1 is 1.20 bits per heavy atom. The Hall–Kier alpha value is -1.37. The predicted molar refractivity (Wildman–Crippen MR) is 64.6 cm³/mol. The number of hydrogen-bond acceptors (Lipinski definition) is 3. The van der Waals surface area contributed by atoms with Crippen LogP contribution in [0, 0.1) is 3.70 Å². The molecule has 0 amide bonds. The molecule has 0 aliphatic rings. The highest BCUT2D eigenvalue weighted by Gasteiger charge is 2.05. The molecule has 0 aromatic carbocycles. The van der Waals surface area contributed by atoms with Crippen molar-refractivity contribution >= 4 is 34.2 Å². The molecule has 2 aromatic heterocycles. The number of pyridine rings is 2. The van der Waals surface area contributed by atoms with Crippen LogP contribution in [0.15, 0.2) is 36.5 Å². The zero-order chi connectivity index (χ0) is 10.7. The van der Waals surface area contributed by atoms with Crippen LogP contribution in [0.25, 0.3) is 0 Å². The van der Waals surface area contributed by atoms with E-state index in [9.17, 15) is 5.11 Å². The van der Waals surface area contributed by atoms with E-state index in [0.29, 0.717) is 11.6 Å². The smallest absolute Gasteiger partial charge is 0.221 e. The molecule has 0 fully saturated rings. The van der Waals surface area contributed by atoms with Crippen molar-refractivity contribution < 1.29 is 5.11 Å². The fourth-order valence-corrected chi connectivity index (χ4v) is 1.49. The molecular formula is C10H7IN3O. The van der Waals surface area contributed by atoms with E-state index in [-0.39, 0.29) is 5.75 Å². The molecule has 5 heteroatoms. The van der Waals surface area contributed by atoms with Crippen molar-refractivity contribution in [2.45, 2.75) is 0 Å². The van der Waals surface area contributed by atoms with E-state index in [1.54, 1.807) is 18.3 Å². The molecular weight excluding hydrogens is 305 g/mol. The lowest BCUT2D eigenvalue weighted by molar-refractivity contribution is 0.355. The Labute approximate surface area is 101 Å². The Balaban J connectivity index is 2.28.